The Morgan fingerprint density at radius 3 is 2.37 bits per heavy atom. The summed E-state index contributed by atoms with van der Waals surface area (Å²) >= 11 is 0. The standard InChI is InChI=1S/C23H18N4O3/c28-22(26-21-9-5-4-8-20(21)17-6-2-1-3-7-17)14-30-23(29)18-10-12-19(13-11-18)27-16-24-15-25-27/h1-13,15-16H,14H2,(H,26,28). The van der Waals surface area contributed by atoms with Crippen LogP contribution in [0.2, 0.25) is 0 Å². The molecule has 3 aromatic carbocycles. The molecule has 1 aromatic heterocycles. The minimum Gasteiger partial charge on any atom is -0.452 e. The van der Waals surface area contributed by atoms with Crippen molar-refractivity contribution in [1.82, 2.24) is 14.8 Å². The summed E-state index contributed by atoms with van der Waals surface area (Å²) in [6, 6.07) is 23.9. The van der Waals surface area contributed by atoms with E-state index < -0.39 is 11.9 Å². The first-order valence-corrected chi connectivity index (χ1v) is 9.27. The fourth-order valence-corrected chi connectivity index (χ4v) is 2.95. The number of para-hydroxylation sites is 1. The summed E-state index contributed by atoms with van der Waals surface area (Å²) in [7, 11) is 0. The molecule has 30 heavy (non-hydrogen) atoms. The molecule has 0 aliphatic rings. The Balaban J connectivity index is 1.37. The van der Waals surface area contributed by atoms with E-state index in [9.17, 15) is 9.59 Å². The summed E-state index contributed by atoms with van der Waals surface area (Å²) in [5, 5.41) is 6.83. The van der Waals surface area contributed by atoms with Gasteiger partial charge in [0, 0.05) is 11.3 Å². The number of nitrogens with one attached hydrogen (secondary N) is 1. The van der Waals surface area contributed by atoms with Crippen LogP contribution in [0.5, 0.6) is 0 Å². The highest BCUT2D eigenvalue weighted by Gasteiger charge is 2.12. The molecule has 0 spiro atoms. The number of hydrogen-bond acceptors (Lipinski definition) is 5. The van der Waals surface area contributed by atoms with Gasteiger partial charge >= 0.3 is 5.97 Å². The third-order valence-electron chi connectivity index (χ3n) is 4.41. The molecular weight excluding hydrogens is 380 g/mol. The molecule has 1 heterocycles. The van der Waals surface area contributed by atoms with Gasteiger partial charge in [-0.05, 0) is 35.9 Å². The molecule has 1 amide bonds. The maximum atomic E-state index is 12.3. The van der Waals surface area contributed by atoms with Crippen molar-refractivity contribution in [2.75, 3.05) is 11.9 Å². The quantitative estimate of drug-likeness (QED) is 0.500. The number of ether oxygens (including phenoxy) is 1. The zero-order valence-electron chi connectivity index (χ0n) is 15.9. The van der Waals surface area contributed by atoms with Crippen LogP contribution in [0.3, 0.4) is 0 Å². The van der Waals surface area contributed by atoms with E-state index in [1.165, 1.54) is 6.33 Å². The molecule has 0 aliphatic heterocycles. The second-order valence-corrected chi connectivity index (χ2v) is 6.42. The van der Waals surface area contributed by atoms with Gasteiger partial charge in [-0.2, -0.15) is 5.10 Å². The average Bonchev–Trinajstić information content (AvgIpc) is 3.34. The smallest absolute Gasteiger partial charge is 0.338 e. The van der Waals surface area contributed by atoms with Crippen LogP contribution in [-0.2, 0) is 9.53 Å². The van der Waals surface area contributed by atoms with Gasteiger partial charge in [-0.3, -0.25) is 4.79 Å². The first-order valence-electron chi connectivity index (χ1n) is 9.27. The highest BCUT2D eigenvalue weighted by atomic mass is 16.5. The van der Waals surface area contributed by atoms with Gasteiger partial charge in [-0.1, -0.05) is 48.5 Å². The Hall–Kier alpha value is -4.26. The highest BCUT2D eigenvalue weighted by Crippen LogP contribution is 2.27. The number of carbonyl (C=O) groups excluding carboxylic acids is 2. The maximum absolute atomic E-state index is 12.3. The van der Waals surface area contributed by atoms with Gasteiger partial charge in [0.1, 0.15) is 12.7 Å². The molecule has 0 bridgehead atoms. The van der Waals surface area contributed by atoms with Crippen molar-refractivity contribution in [1.29, 1.82) is 0 Å². The van der Waals surface area contributed by atoms with Crippen LogP contribution in [0.4, 0.5) is 5.69 Å². The van der Waals surface area contributed by atoms with Crippen molar-refractivity contribution in [2.45, 2.75) is 0 Å². The molecular formula is C23H18N4O3. The Morgan fingerprint density at radius 2 is 1.63 bits per heavy atom. The monoisotopic (exact) mass is 398 g/mol. The number of aromatic nitrogens is 3. The van der Waals surface area contributed by atoms with Crippen LogP contribution in [-0.4, -0.2) is 33.2 Å². The topological polar surface area (TPSA) is 86.1 Å². The molecule has 7 heteroatoms. The first kappa shape index (κ1) is 19.1. The van der Waals surface area contributed by atoms with Crippen LogP contribution in [0.1, 0.15) is 10.4 Å². The Labute approximate surface area is 173 Å². The molecule has 1 N–H and O–H groups in total. The summed E-state index contributed by atoms with van der Waals surface area (Å²) in [6.45, 7) is -0.382. The summed E-state index contributed by atoms with van der Waals surface area (Å²) in [4.78, 5) is 28.5. The number of amides is 1. The molecule has 7 nitrogen and oxygen atoms in total. The fourth-order valence-electron chi connectivity index (χ4n) is 2.95. The van der Waals surface area contributed by atoms with Crippen molar-refractivity contribution in [3.05, 3.63) is 97.1 Å². The largest absolute Gasteiger partial charge is 0.452 e. The second kappa shape index (κ2) is 8.83. The zero-order chi connectivity index (χ0) is 20.8. The molecule has 0 saturated carbocycles. The van der Waals surface area contributed by atoms with Gasteiger partial charge in [0.2, 0.25) is 0 Å². The van der Waals surface area contributed by atoms with E-state index in [2.05, 4.69) is 15.4 Å². The summed E-state index contributed by atoms with van der Waals surface area (Å²) in [6.07, 6.45) is 2.99. The van der Waals surface area contributed by atoms with Gasteiger partial charge in [-0.15, -0.1) is 0 Å². The van der Waals surface area contributed by atoms with Gasteiger partial charge < -0.3 is 10.1 Å². The lowest BCUT2D eigenvalue weighted by Gasteiger charge is -2.11. The van der Waals surface area contributed by atoms with E-state index in [1.54, 1.807) is 35.3 Å². The predicted octanol–water partition coefficient (Wildman–Crippen LogP) is 3.73. The lowest BCUT2D eigenvalue weighted by Crippen LogP contribution is -2.21. The van der Waals surface area contributed by atoms with Gasteiger partial charge in [0.15, 0.2) is 6.61 Å². The van der Waals surface area contributed by atoms with E-state index in [0.717, 1.165) is 16.8 Å². The van der Waals surface area contributed by atoms with Crippen LogP contribution in [0, 0.1) is 0 Å². The minimum absolute atomic E-state index is 0.344. The van der Waals surface area contributed by atoms with E-state index >= 15 is 0 Å². The number of esters is 1. The molecule has 0 saturated heterocycles. The average molecular weight is 398 g/mol. The molecule has 4 aromatic rings. The van der Waals surface area contributed by atoms with Crippen molar-refractivity contribution < 1.29 is 14.3 Å². The van der Waals surface area contributed by atoms with Crippen molar-refractivity contribution in [3.63, 3.8) is 0 Å². The van der Waals surface area contributed by atoms with Crippen LogP contribution in [0.25, 0.3) is 16.8 Å². The molecule has 148 valence electrons. The number of nitrogens with zero attached hydrogens (tertiary/aromatic N) is 3. The number of hydrogen-bond donors (Lipinski definition) is 1. The fraction of sp³-hybridized carbons (Fsp3) is 0.0435. The third-order valence-corrected chi connectivity index (χ3v) is 4.41. The summed E-state index contributed by atoms with van der Waals surface area (Å²) < 4.78 is 6.73. The van der Waals surface area contributed by atoms with Crippen molar-refractivity contribution in [2.24, 2.45) is 0 Å². The van der Waals surface area contributed by atoms with Crippen LogP contribution in [0.15, 0.2) is 91.5 Å². The molecule has 0 radical (unpaired) electrons. The SMILES string of the molecule is O=C(COC(=O)c1ccc(-n2cncn2)cc1)Nc1ccccc1-c1ccccc1. The predicted molar refractivity (Wildman–Crippen MR) is 112 cm³/mol. The zero-order valence-corrected chi connectivity index (χ0v) is 15.9. The Morgan fingerprint density at radius 1 is 0.900 bits per heavy atom. The molecule has 0 unspecified atom stereocenters. The Kier molecular flexibility index (Phi) is 5.61. The van der Waals surface area contributed by atoms with E-state index in [-0.39, 0.29) is 6.61 Å². The Bertz CT molecular complexity index is 1140. The molecule has 0 aliphatic carbocycles. The molecule has 0 atom stereocenters. The van der Waals surface area contributed by atoms with Crippen LogP contribution < -0.4 is 5.32 Å². The normalized spacial score (nSPS) is 10.4. The van der Waals surface area contributed by atoms with Crippen molar-refractivity contribution in [3.8, 4) is 16.8 Å². The highest BCUT2D eigenvalue weighted by molar-refractivity contribution is 5.98. The van der Waals surface area contributed by atoms with Gasteiger partial charge in [0.25, 0.3) is 5.91 Å². The summed E-state index contributed by atoms with van der Waals surface area (Å²) in [5.74, 6) is -0.988. The number of anilines is 1. The van der Waals surface area contributed by atoms with Crippen molar-refractivity contribution >= 4 is 17.6 Å². The lowest BCUT2D eigenvalue weighted by atomic mass is 10.0. The van der Waals surface area contributed by atoms with Gasteiger partial charge in [-0.25, -0.2) is 14.5 Å². The number of benzene rings is 3. The van der Waals surface area contributed by atoms with E-state index in [1.807, 2.05) is 54.6 Å². The third kappa shape index (κ3) is 4.41. The maximum Gasteiger partial charge on any atom is 0.338 e. The first-order chi connectivity index (χ1) is 14.7. The lowest BCUT2D eigenvalue weighted by molar-refractivity contribution is -0.119. The van der Waals surface area contributed by atoms with Gasteiger partial charge in [0.05, 0.1) is 11.3 Å². The second-order valence-electron chi connectivity index (χ2n) is 6.42. The molecule has 0 fully saturated rings. The number of carbonyl (C=O) groups is 2. The van der Waals surface area contributed by atoms with E-state index in [0.29, 0.717) is 11.3 Å². The minimum atomic E-state index is -0.577. The molecule has 4 rings (SSSR count). The summed E-state index contributed by atoms with van der Waals surface area (Å²) in [5.41, 5.74) is 3.64. The van der Waals surface area contributed by atoms with E-state index in [4.69, 9.17) is 4.74 Å². The van der Waals surface area contributed by atoms with Crippen LogP contribution >= 0.6 is 0 Å². The number of rotatable bonds is 6.